The minimum atomic E-state index is -0.855. The minimum Gasteiger partial charge on any atom is -0.497 e. The van der Waals surface area contributed by atoms with E-state index in [1.54, 1.807) is 41.2 Å². The molecule has 7 heteroatoms. The van der Waals surface area contributed by atoms with Gasteiger partial charge in [-0.05, 0) is 41.0 Å². The number of hydrogen-bond acceptors (Lipinski definition) is 4. The molecule has 1 unspecified atom stereocenters. The second-order valence-electron chi connectivity index (χ2n) is 10.0. The number of hydrogen-bond donors (Lipinski definition) is 1. The maximum atomic E-state index is 14.0. The van der Waals surface area contributed by atoms with Crippen molar-refractivity contribution in [1.29, 1.82) is 0 Å². The molecule has 3 amide bonds. The van der Waals surface area contributed by atoms with Crippen LogP contribution >= 0.6 is 0 Å². The van der Waals surface area contributed by atoms with E-state index in [0.29, 0.717) is 12.1 Å². The van der Waals surface area contributed by atoms with Crippen molar-refractivity contribution in [2.45, 2.75) is 18.5 Å². The summed E-state index contributed by atoms with van der Waals surface area (Å²) in [5.41, 5.74) is 3.21. The van der Waals surface area contributed by atoms with Crippen LogP contribution in [-0.4, -0.2) is 60.3 Å². The van der Waals surface area contributed by atoms with Crippen LogP contribution in [0.3, 0.4) is 0 Å². The predicted octanol–water partition coefficient (Wildman–Crippen LogP) is 4.50. The molecule has 208 valence electrons. The quantitative estimate of drug-likeness (QED) is 0.353. The van der Waals surface area contributed by atoms with Gasteiger partial charge in [0.15, 0.2) is 0 Å². The van der Waals surface area contributed by atoms with Crippen molar-refractivity contribution in [3.63, 3.8) is 0 Å². The van der Waals surface area contributed by atoms with Gasteiger partial charge < -0.3 is 19.9 Å². The molecule has 1 atom stereocenters. The van der Waals surface area contributed by atoms with Gasteiger partial charge in [-0.3, -0.25) is 14.4 Å². The van der Waals surface area contributed by atoms with Crippen LogP contribution < -0.4 is 10.1 Å². The molecule has 4 aromatic carbocycles. The van der Waals surface area contributed by atoms with Crippen LogP contribution in [0.4, 0.5) is 0 Å². The molecule has 4 aromatic rings. The summed E-state index contributed by atoms with van der Waals surface area (Å²) in [7, 11) is 1.60. The maximum Gasteiger partial charge on any atom is 0.254 e. The van der Waals surface area contributed by atoms with E-state index in [4.69, 9.17) is 4.74 Å². The smallest absolute Gasteiger partial charge is 0.254 e. The van der Waals surface area contributed by atoms with Crippen molar-refractivity contribution in [3.8, 4) is 5.75 Å². The average Bonchev–Trinajstić information content (AvgIpc) is 3.04. The van der Waals surface area contributed by atoms with Crippen LogP contribution in [0.2, 0.25) is 0 Å². The largest absolute Gasteiger partial charge is 0.497 e. The monoisotopic (exact) mass is 547 g/mol. The molecule has 41 heavy (non-hydrogen) atoms. The summed E-state index contributed by atoms with van der Waals surface area (Å²) in [6.07, 6.45) is 0.196. The van der Waals surface area contributed by atoms with E-state index < -0.39 is 12.1 Å². The first kappa shape index (κ1) is 27.6. The van der Waals surface area contributed by atoms with Gasteiger partial charge in [0.2, 0.25) is 11.8 Å². The zero-order valence-electron chi connectivity index (χ0n) is 23.0. The Morgan fingerprint density at radius 1 is 0.780 bits per heavy atom. The molecule has 1 aliphatic heterocycles. The Balaban J connectivity index is 1.40. The van der Waals surface area contributed by atoms with E-state index in [1.807, 2.05) is 91.0 Å². The van der Waals surface area contributed by atoms with Gasteiger partial charge in [0.25, 0.3) is 5.91 Å². The summed E-state index contributed by atoms with van der Waals surface area (Å²) in [6, 6.07) is 34.5. The first-order valence-corrected chi connectivity index (χ1v) is 13.7. The molecular formula is C34H33N3O4. The lowest BCUT2D eigenvalue weighted by atomic mass is 9.98. The highest BCUT2D eigenvalue weighted by atomic mass is 16.5. The van der Waals surface area contributed by atoms with Crippen LogP contribution in [0.5, 0.6) is 5.75 Å². The first-order chi connectivity index (χ1) is 20.0. The van der Waals surface area contributed by atoms with Gasteiger partial charge in [0.1, 0.15) is 11.8 Å². The Morgan fingerprint density at radius 2 is 1.34 bits per heavy atom. The van der Waals surface area contributed by atoms with Crippen molar-refractivity contribution in [2.75, 3.05) is 26.7 Å². The van der Waals surface area contributed by atoms with Crippen LogP contribution in [0.1, 0.15) is 33.1 Å². The lowest BCUT2D eigenvalue weighted by molar-refractivity contribution is -0.136. The fraction of sp³-hybridized carbons (Fsp3) is 0.206. The number of nitrogens with zero attached hydrogens (tertiary/aromatic N) is 2. The molecule has 1 heterocycles. The molecule has 1 aliphatic rings. The Morgan fingerprint density at radius 3 is 1.90 bits per heavy atom. The summed E-state index contributed by atoms with van der Waals surface area (Å²) < 4.78 is 5.22. The van der Waals surface area contributed by atoms with Gasteiger partial charge in [-0.15, -0.1) is 0 Å². The number of carbonyl (C=O) groups excluding carboxylic acids is 3. The number of nitrogens with one attached hydrogen (secondary N) is 1. The number of amides is 3. The highest BCUT2D eigenvalue weighted by molar-refractivity contribution is 5.98. The number of rotatable bonds is 8. The molecule has 1 saturated heterocycles. The van der Waals surface area contributed by atoms with Gasteiger partial charge in [-0.1, -0.05) is 91.0 Å². The Hall–Kier alpha value is -4.91. The van der Waals surface area contributed by atoms with Crippen molar-refractivity contribution in [1.82, 2.24) is 15.1 Å². The molecule has 5 rings (SSSR count). The topological polar surface area (TPSA) is 79.0 Å². The normalized spacial score (nSPS) is 14.9. The number of methoxy groups -OCH3 is 1. The van der Waals surface area contributed by atoms with Crippen molar-refractivity contribution in [3.05, 3.63) is 138 Å². The van der Waals surface area contributed by atoms with E-state index >= 15 is 0 Å². The van der Waals surface area contributed by atoms with Crippen LogP contribution in [0.25, 0.3) is 0 Å². The SMILES string of the molecule is COc1ccc(CC(=O)N2CCN(C(=O)c3ccccc3)C(C(=O)NC(c3ccccc3)c3ccccc3)C2)cc1. The molecule has 1 N–H and O–H groups in total. The molecule has 0 spiro atoms. The van der Waals surface area contributed by atoms with E-state index in [9.17, 15) is 14.4 Å². The highest BCUT2D eigenvalue weighted by Gasteiger charge is 2.38. The predicted molar refractivity (Wildman–Crippen MR) is 157 cm³/mol. The number of benzene rings is 4. The molecular weight excluding hydrogens is 514 g/mol. The lowest BCUT2D eigenvalue weighted by Crippen LogP contribution is -2.62. The molecule has 1 fully saturated rings. The molecule has 0 radical (unpaired) electrons. The number of piperazine rings is 1. The standard InChI is InChI=1S/C34H33N3O4/c1-41-29-19-17-25(18-20-29)23-31(38)36-21-22-37(34(40)28-15-9-4-10-16-28)30(24-36)33(39)35-32(26-11-5-2-6-12-26)27-13-7-3-8-14-27/h2-20,30,32H,21-24H2,1H3,(H,35,39). The number of ether oxygens (including phenoxy) is 1. The molecule has 0 aliphatic carbocycles. The Labute approximate surface area is 240 Å². The third-order valence-corrected chi connectivity index (χ3v) is 7.38. The van der Waals surface area contributed by atoms with Crippen molar-refractivity contribution in [2.24, 2.45) is 0 Å². The van der Waals surface area contributed by atoms with E-state index in [1.165, 1.54) is 0 Å². The minimum absolute atomic E-state index is 0.0950. The van der Waals surface area contributed by atoms with Crippen molar-refractivity contribution >= 4 is 17.7 Å². The second kappa shape index (κ2) is 13.0. The molecule has 7 nitrogen and oxygen atoms in total. The number of carbonyl (C=O) groups is 3. The zero-order valence-corrected chi connectivity index (χ0v) is 23.0. The second-order valence-corrected chi connectivity index (χ2v) is 10.0. The molecule has 0 aromatic heterocycles. The Bertz CT molecular complexity index is 1420. The van der Waals surface area contributed by atoms with E-state index in [2.05, 4.69) is 5.32 Å². The first-order valence-electron chi connectivity index (χ1n) is 13.7. The van der Waals surface area contributed by atoms with Gasteiger partial charge in [0, 0.05) is 18.7 Å². The third kappa shape index (κ3) is 6.64. The fourth-order valence-corrected chi connectivity index (χ4v) is 5.14. The lowest BCUT2D eigenvalue weighted by Gasteiger charge is -2.41. The van der Waals surface area contributed by atoms with Gasteiger partial charge in [0.05, 0.1) is 26.1 Å². The van der Waals surface area contributed by atoms with Gasteiger partial charge in [-0.2, -0.15) is 0 Å². The zero-order chi connectivity index (χ0) is 28.6. The van der Waals surface area contributed by atoms with E-state index in [-0.39, 0.29) is 37.2 Å². The van der Waals surface area contributed by atoms with Crippen LogP contribution in [0, 0.1) is 0 Å². The summed E-state index contributed by atoms with van der Waals surface area (Å²) in [4.78, 5) is 44.3. The van der Waals surface area contributed by atoms with Crippen LogP contribution in [0.15, 0.2) is 115 Å². The summed E-state index contributed by atoms with van der Waals surface area (Å²) in [5.74, 6) is 0.0812. The van der Waals surface area contributed by atoms with Gasteiger partial charge in [-0.25, -0.2) is 0 Å². The van der Waals surface area contributed by atoms with Crippen LogP contribution in [-0.2, 0) is 16.0 Å². The average molecular weight is 548 g/mol. The van der Waals surface area contributed by atoms with Crippen molar-refractivity contribution < 1.29 is 19.1 Å². The summed E-state index contributed by atoms with van der Waals surface area (Å²) in [6.45, 7) is 0.704. The Kier molecular flexibility index (Phi) is 8.74. The molecule has 0 saturated carbocycles. The summed E-state index contributed by atoms with van der Waals surface area (Å²) >= 11 is 0. The maximum absolute atomic E-state index is 14.0. The fourth-order valence-electron chi connectivity index (χ4n) is 5.14. The molecule has 0 bridgehead atoms. The van der Waals surface area contributed by atoms with E-state index in [0.717, 1.165) is 22.4 Å². The third-order valence-electron chi connectivity index (χ3n) is 7.38. The highest BCUT2D eigenvalue weighted by Crippen LogP contribution is 2.24. The summed E-state index contributed by atoms with van der Waals surface area (Å²) in [5, 5.41) is 3.19. The van der Waals surface area contributed by atoms with Gasteiger partial charge >= 0.3 is 0 Å².